The highest BCUT2D eigenvalue weighted by molar-refractivity contribution is 5.84. The summed E-state index contributed by atoms with van der Waals surface area (Å²) in [7, 11) is 0. The van der Waals surface area contributed by atoms with Crippen molar-refractivity contribution in [2.24, 2.45) is 0 Å². The van der Waals surface area contributed by atoms with Crippen LogP contribution in [0.2, 0.25) is 0 Å². The molecule has 2 N–H and O–H groups in total. The molecule has 0 spiro atoms. The summed E-state index contributed by atoms with van der Waals surface area (Å²) in [5, 5.41) is 6.16. The number of rotatable bonds is 0. The van der Waals surface area contributed by atoms with Gasteiger partial charge in [-0.25, -0.2) is 0 Å². The van der Waals surface area contributed by atoms with Crippen molar-refractivity contribution in [1.82, 2.24) is 5.32 Å². The van der Waals surface area contributed by atoms with Crippen molar-refractivity contribution in [3.63, 3.8) is 0 Å². The van der Waals surface area contributed by atoms with Crippen molar-refractivity contribution in [1.29, 1.82) is 0 Å². The van der Waals surface area contributed by atoms with E-state index in [2.05, 4.69) is 21.6 Å². The minimum absolute atomic E-state index is 0.0475. The van der Waals surface area contributed by atoms with Gasteiger partial charge in [0.15, 0.2) is 6.29 Å². The van der Waals surface area contributed by atoms with Gasteiger partial charge in [-0.05, 0) is 12.1 Å². The lowest BCUT2D eigenvalue weighted by Gasteiger charge is -2.31. The molecular formula is C10H11N3O. The normalized spacial score (nSPS) is 23.6. The van der Waals surface area contributed by atoms with Crippen molar-refractivity contribution >= 4 is 17.3 Å². The second-order valence-corrected chi connectivity index (χ2v) is 3.57. The molecule has 4 heteroatoms. The summed E-state index contributed by atoms with van der Waals surface area (Å²) in [6.07, 6.45) is 0.528. The fourth-order valence-corrected chi connectivity index (χ4v) is 2.02. The summed E-state index contributed by atoms with van der Waals surface area (Å²) in [5.74, 6) is 0.117. The van der Waals surface area contributed by atoms with Gasteiger partial charge in [-0.2, -0.15) is 0 Å². The van der Waals surface area contributed by atoms with Crippen molar-refractivity contribution in [3.8, 4) is 0 Å². The summed E-state index contributed by atoms with van der Waals surface area (Å²) in [5.41, 5.74) is 2.28. The maximum absolute atomic E-state index is 11.2. The lowest BCUT2D eigenvalue weighted by Crippen LogP contribution is -2.55. The number of hydrogen-bond donors (Lipinski definition) is 2. The van der Waals surface area contributed by atoms with Crippen LogP contribution in [0.5, 0.6) is 0 Å². The van der Waals surface area contributed by atoms with Gasteiger partial charge in [0.25, 0.3) is 0 Å². The fraction of sp³-hybridized carbons (Fsp3) is 0.300. The average molecular weight is 189 g/mol. The van der Waals surface area contributed by atoms with Crippen molar-refractivity contribution in [2.75, 3.05) is 16.8 Å². The summed E-state index contributed by atoms with van der Waals surface area (Å²) in [4.78, 5) is 13.4. The van der Waals surface area contributed by atoms with E-state index in [1.54, 1.807) is 0 Å². The van der Waals surface area contributed by atoms with Crippen molar-refractivity contribution in [2.45, 2.75) is 12.7 Å². The zero-order chi connectivity index (χ0) is 9.54. The summed E-state index contributed by atoms with van der Waals surface area (Å²) in [6, 6.07) is 8.10. The molecule has 3 rings (SSSR count). The van der Waals surface area contributed by atoms with Gasteiger partial charge in [-0.15, -0.1) is 0 Å². The number of anilines is 2. The van der Waals surface area contributed by atoms with E-state index in [1.807, 2.05) is 18.2 Å². The second kappa shape index (κ2) is 2.64. The molecule has 1 saturated heterocycles. The number of fused-ring (bicyclic) bond motifs is 3. The summed E-state index contributed by atoms with van der Waals surface area (Å²) in [6.45, 7) is 0.792. The first kappa shape index (κ1) is 7.67. The highest BCUT2D eigenvalue weighted by Gasteiger charge is 2.32. The zero-order valence-electron chi connectivity index (χ0n) is 7.66. The third-order valence-electron chi connectivity index (χ3n) is 2.69. The Hall–Kier alpha value is -1.71. The predicted octanol–water partition coefficient (Wildman–Crippen LogP) is 0.722. The molecule has 2 aliphatic rings. The number of carbonyl (C=O) groups is 1. The molecule has 1 atom stereocenters. The molecule has 1 aromatic carbocycles. The number of para-hydroxylation sites is 2. The smallest absolute Gasteiger partial charge is 0.224 e. The van der Waals surface area contributed by atoms with Crippen LogP contribution < -0.4 is 15.5 Å². The van der Waals surface area contributed by atoms with E-state index in [0.717, 1.165) is 12.2 Å². The van der Waals surface area contributed by atoms with Crippen LogP contribution in [0.4, 0.5) is 11.4 Å². The molecule has 1 fully saturated rings. The molecule has 0 radical (unpaired) electrons. The molecule has 4 nitrogen and oxygen atoms in total. The molecule has 0 aliphatic carbocycles. The van der Waals surface area contributed by atoms with Gasteiger partial charge in [0.2, 0.25) is 5.91 Å². The van der Waals surface area contributed by atoms with Gasteiger partial charge < -0.3 is 15.5 Å². The van der Waals surface area contributed by atoms with Crippen molar-refractivity contribution in [3.05, 3.63) is 24.3 Å². The van der Waals surface area contributed by atoms with Gasteiger partial charge in [-0.3, -0.25) is 4.79 Å². The Morgan fingerprint density at radius 2 is 2.14 bits per heavy atom. The zero-order valence-corrected chi connectivity index (χ0v) is 7.66. The molecule has 14 heavy (non-hydrogen) atoms. The molecular weight excluding hydrogens is 178 g/mol. The monoisotopic (exact) mass is 189 g/mol. The van der Waals surface area contributed by atoms with E-state index in [4.69, 9.17) is 0 Å². The van der Waals surface area contributed by atoms with Crippen LogP contribution in [0.15, 0.2) is 24.3 Å². The van der Waals surface area contributed by atoms with Crippen LogP contribution in [0.1, 0.15) is 6.42 Å². The predicted molar refractivity (Wildman–Crippen MR) is 54.0 cm³/mol. The quantitative estimate of drug-likeness (QED) is 0.632. The molecule has 0 bridgehead atoms. The lowest BCUT2D eigenvalue weighted by atomic mass is 10.2. The van der Waals surface area contributed by atoms with Gasteiger partial charge in [-0.1, -0.05) is 12.1 Å². The van der Waals surface area contributed by atoms with Gasteiger partial charge in [0.05, 0.1) is 11.4 Å². The maximum atomic E-state index is 11.2. The Kier molecular flexibility index (Phi) is 1.45. The van der Waals surface area contributed by atoms with Crippen LogP contribution >= 0.6 is 0 Å². The minimum Gasteiger partial charge on any atom is -0.347 e. The SMILES string of the molecule is O=C1CCN2c3ccccc3NC2N1. The van der Waals surface area contributed by atoms with Crippen LogP contribution in [0.3, 0.4) is 0 Å². The van der Waals surface area contributed by atoms with Gasteiger partial charge in [0, 0.05) is 13.0 Å². The Morgan fingerprint density at radius 3 is 3.07 bits per heavy atom. The first-order chi connectivity index (χ1) is 6.84. The standard InChI is InChI=1S/C10H11N3O/c14-9-5-6-13-8-4-2-1-3-7(8)11-10(13)12-9/h1-4,10-11H,5-6H2,(H,12,14). The summed E-state index contributed by atoms with van der Waals surface area (Å²) < 4.78 is 0. The first-order valence-corrected chi connectivity index (χ1v) is 4.76. The molecule has 1 aromatic rings. The van der Waals surface area contributed by atoms with Gasteiger partial charge >= 0.3 is 0 Å². The molecule has 1 unspecified atom stereocenters. The third kappa shape index (κ3) is 0.968. The second-order valence-electron chi connectivity index (χ2n) is 3.57. The first-order valence-electron chi connectivity index (χ1n) is 4.76. The van der Waals surface area contributed by atoms with Crippen LogP contribution in [0.25, 0.3) is 0 Å². The van der Waals surface area contributed by atoms with E-state index in [1.165, 1.54) is 5.69 Å². The lowest BCUT2D eigenvalue weighted by molar-refractivity contribution is -0.122. The van der Waals surface area contributed by atoms with Gasteiger partial charge in [0.1, 0.15) is 0 Å². The Labute approximate surface area is 81.9 Å². The Balaban J connectivity index is 1.98. The minimum atomic E-state index is -0.0475. The number of benzene rings is 1. The van der Waals surface area contributed by atoms with E-state index in [9.17, 15) is 4.79 Å². The molecule has 0 saturated carbocycles. The Bertz CT molecular complexity index is 391. The van der Waals surface area contributed by atoms with E-state index >= 15 is 0 Å². The molecule has 2 aliphatic heterocycles. The Morgan fingerprint density at radius 1 is 1.29 bits per heavy atom. The van der Waals surface area contributed by atoms with Crippen molar-refractivity contribution < 1.29 is 4.79 Å². The summed E-state index contributed by atoms with van der Waals surface area (Å²) >= 11 is 0. The van der Waals surface area contributed by atoms with Crippen LogP contribution in [-0.2, 0) is 4.79 Å². The molecule has 1 amide bonds. The van der Waals surface area contributed by atoms with E-state index in [0.29, 0.717) is 6.42 Å². The third-order valence-corrected chi connectivity index (χ3v) is 2.69. The molecule has 0 aromatic heterocycles. The molecule has 2 heterocycles. The largest absolute Gasteiger partial charge is 0.347 e. The van der Waals surface area contributed by atoms with Crippen LogP contribution in [0, 0.1) is 0 Å². The van der Waals surface area contributed by atoms with E-state index in [-0.39, 0.29) is 12.2 Å². The molecule has 72 valence electrons. The van der Waals surface area contributed by atoms with E-state index < -0.39 is 0 Å². The number of hydrogen-bond acceptors (Lipinski definition) is 3. The highest BCUT2D eigenvalue weighted by atomic mass is 16.2. The number of nitrogens with one attached hydrogen (secondary N) is 2. The maximum Gasteiger partial charge on any atom is 0.224 e. The fourth-order valence-electron chi connectivity index (χ4n) is 2.02. The average Bonchev–Trinajstić information content (AvgIpc) is 2.54. The number of amides is 1. The number of carbonyl (C=O) groups excluding carboxylic acids is 1. The number of nitrogens with zero attached hydrogens (tertiary/aromatic N) is 1. The topological polar surface area (TPSA) is 44.4 Å². The van der Waals surface area contributed by atoms with Crippen LogP contribution in [-0.4, -0.2) is 18.7 Å². The highest BCUT2D eigenvalue weighted by Crippen LogP contribution is 2.34.